The fraction of sp³-hybridized carbons (Fsp3) is 0.400. The number of rotatable bonds is 4. The molecule has 2 atom stereocenters. The van der Waals surface area contributed by atoms with E-state index in [1.54, 1.807) is 0 Å². The van der Waals surface area contributed by atoms with Crippen LogP contribution in [0.25, 0.3) is 0 Å². The van der Waals surface area contributed by atoms with Crippen LogP contribution in [0, 0.1) is 23.3 Å². The van der Waals surface area contributed by atoms with E-state index in [-0.39, 0.29) is 19.0 Å². The summed E-state index contributed by atoms with van der Waals surface area (Å²) in [7, 11) is 0. The molecule has 0 amide bonds. The Labute approximate surface area is 94.5 Å². The van der Waals surface area contributed by atoms with Crippen LogP contribution in [0.1, 0.15) is 18.1 Å². The smallest absolute Gasteiger partial charge is 0.167 e. The highest BCUT2D eigenvalue weighted by molar-refractivity contribution is 5.25. The minimum atomic E-state index is -2.08. The van der Waals surface area contributed by atoms with E-state index in [4.69, 9.17) is 5.73 Å². The molecule has 0 fully saturated rings. The van der Waals surface area contributed by atoms with Gasteiger partial charge in [0.1, 0.15) is 6.10 Å². The zero-order chi connectivity index (χ0) is 13.2. The fourth-order valence-electron chi connectivity index (χ4n) is 1.37. The summed E-state index contributed by atoms with van der Waals surface area (Å²) < 4.78 is 52.1. The normalized spacial score (nSPS) is 14.8. The van der Waals surface area contributed by atoms with Gasteiger partial charge in [0.2, 0.25) is 0 Å². The van der Waals surface area contributed by atoms with Crippen LogP contribution in [0.15, 0.2) is 6.07 Å². The predicted octanol–water partition coefficient (Wildman–Crippen LogP) is 0.986. The van der Waals surface area contributed by atoms with Gasteiger partial charge in [-0.2, -0.15) is 0 Å². The Morgan fingerprint density at radius 2 is 1.53 bits per heavy atom. The van der Waals surface area contributed by atoms with E-state index in [0.29, 0.717) is 0 Å². The third kappa shape index (κ3) is 2.74. The van der Waals surface area contributed by atoms with E-state index in [2.05, 4.69) is 0 Å². The molecule has 0 heterocycles. The molecule has 0 aromatic heterocycles. The van der Waals surface area contributed by atoms with Crippen molar-refractivity contribution < 1.29 is 27.8 Å². The number of hydrogen-bond acceptors (Lipinski definition) is 3. The lowest BCUT2D eigenvalue weighted by atomic mass is 10.0. The summed E-state index contributed by atoms with van der Waals surface area (Å²) in [5.41, 5.74) is 3.84. The predicted molar refractivity (Wildman–Crippen MR) is 50.9 cm³/mol. The summed E-state index contributed by atoms with van der Waals surface area (Å²) in [4.78, 5) is 0. The summed E-state index contributed by atoms with van der Waals surface area (Å²) in [6, 6.07) is 0.0240. The lowest BCUT2D eigenvalue weighted by Gasteiger charge is -2.19. The number of hydrogen-bond donors (Lipinski definition) is 3. The molecule has 96 valence electrons. The Balaban J connectivity index is 3.20. The van der Waals surface area contributed by atoms with Gasteiger partial charge in [0.25, 0.3) is 0 Å². The van der Waals surface area contributed by atoms with Crippen LogP contribution in [0.2, 0.25) is 0 Å². The molecule has 0 aliphatic rings. The molecule has 0 aliphatic carbocycles. The molecule has 1 aromatic rings. The van der Waals surface area contributed by atoms with E-state index in [1.165, 1.54) is 0 Å². The molecule has 4 N–H and O–H groups in total. The van der Waals surface area contributed by atoms with E-state index < -0.39 is 41.0 Å². The van der Waals surface area contributed by atoms with Gasteiger partial charge in [-0.3, -0.25) is 0 Å². The second-order valence-corrected chi connectivity index (χ2v) is 3.47. The van der Waals surface area contributed by atoms with Crippen LogP contribution in [-0.2, 0) is 0 Å². The van der Waals surface area contributed by atoms with Crippen molar-refractivity contribution in [1.82, 2.24) is 0 Å². The third-order valence-corrected chi connectivity index (χ3v) is 2.27. The Morgan fingerprint density at radius 1 is 1.06 bits per heavy atom. The molecular weight excluding hydrogens is 242 g/mol. The molecule has 1 rings (SSSR count). The highest BCUT2D eigenvalue weighted by Crippen LogP contribution is 2.27. The van der Waals surface area contributed by atoms with Gasteiger partial charge in [-0.1, -0.05) is 0 Å². The van der Waals surface area contributed by atoms with Crippen molar-refractivity contribution in [3.63, 3.8) is 0 Å². The first kappa shape index (κ1) is 13.9. The first-order valence-corrected chi connectivity index (χ1v) is 4.79. The van der Waals surface area contributed by atoms with Gasteiger partial charge in [0.05, 0.1) is 11.7 Å². The minimum Gasteiger partial charge on any atom is -0.390 e. The highest BCUT2D eigenvalue weighted by Gasteiger charge is 2.29. The molecule has 0 aliphatic heterocycles. The largest absolute Gasteiger partial charge is 0.390 e. The van der Waals surface area contributed by atoms with Crippen molar-refractivity contribution in [3.05, 3.63) is 34.9 Å². The van der Waals surface area contributed by atoms with Crippen LogP contribution >= 0.6 is 0 Å². The summed E-state index contributed by atoms with van der Waals surface area (Å²) in [5, 5.41) is 18.7. The van der Waals surface area contributed by atoms with E-state index in [9.17, 15) is 27.8 Å². The Morgan fingerprint density at radius 3 is 1.94 bits per heavy atom. The van der Waals surface area contributed by atoms with Gasteiger partial charge in [0.15, 0.2) is 23.3 Å². The second kappa shape index (κ2) is 5.44. The van der Waals surface area contributed by atoms with Gasteiger partial charge < -0.3 is 15.9 Å². The monoisotopic (exact) mass is 253 g/mol. The first-order chi connectivity index (χ1) is 7.90. The molecular formula is C10H11F4NO2. The van der Waals surface area contributed by atoms with Crippen LogP contribution in [-0.4, -0.2) is 22.9 Å². The Bertz CT molecular complexity index is 388. The average Bonchev–Trinajstić information content (AvgIpc) is 2.27. The average molecular weight is 253 g/mol. The summed E-state index contributed by atoms with van der Waals surface area (Å²) in [5.74, 6) is -6.74. The highest BCUT2D eigenvalue weighted by atomic mass is 19.2. The van der Waals surface area contributed by atoms with Gasteiger partial charge >= 0.3 is 0 Å². The van der Waals surface area contributed by atoms with Gasteiger partial charge in [0, 0.05) is 6.07 Å². The van der Waals surface area contributed by atoms with E-state index in [1.807, 2.05) is 0 Å². The quantitative estimate of drug-likeness (QED) is 0.553. The second-order valence-electron chi connectivity index (χ2n) is 3.47. The van der Waals surface area contributed by atoms with Crippen LogP contribution in [0.4, 0.5) is 17.6 Å². The molecule has 3 nitrogen and oxygen atoms in total. The lowest BCUT2D eigenvalue weighted by Crippen LogP contribution is -2.24. The minimum absolute atomic E-state index is 0.0240. The summed E-state index contributed by atoms with van der Waals surface area (Å²) in [6.45, 7) is -0.0563. The van der Waals surface area contributed by atoms with Crippen LogP contribution in [0.5, 0.6) is 0 Å². The van der Waals surface area contributed by atoms with Crippen molar-refractivity contribution in [2.75, 3.05) is 6.54 Å². The maximum Gasteiger partial charge on any atom is 0.167 e. The fourth-order valence-corrected chi connectivity index (χ4v) is 1.37. The van der Waals surface area contributed by atoms with Crippen LogP contribution in [0.3, 0.4) is 0 Å². The lowest BCUT2D eigenvalue weighted by molar-refractivity contribution is 0.00994. The molecule has 17 heavy (non-hydrogen) atoms. The number of halogens is 4. The standard InChI is InChI=1S/C10H11F4NO2/c11-4-3-5(12)9(14)7(8(4)13)10(17)6(16)1-2-15/h3,6,10,16-17H,1-2,15H2. The van der Waals surface area contributed by atoms with Gasteiger partial charge in [-0.15, -0.1) is 0 Å². The van der Waals surface area contributed by atoms with Crippen molar-refractivity contribution in [2.24, 2.45) is 5.73 Å². The number of aliphatic hydroxyl groups excluding tert-OH is 2. The molecule has 1 aromatic carbocycles. The molecule has 0 saturated carbocycles. The maximum atomic E-state index is 13.2. The SMILES string of the molecule is NCCC(O)C(O)c1c(F)c(F)cc(F)c1F. The topological polar surface area (TPSA) is 66.5 Å². The van der Waals surface area contributed by atoms with E-state index >= 15 is 0 Å². The van der Waals surface area contributed by atoms with Crippen molar-refractivity contribution in [2.45, 2.75) is 18.6 Å². The van der Waals surface area contributed by atoms with Crippen LogP contribution < -0.4 is 5.73 Å². The number of nitrogens with two attached hydrogens (primary N) is 1. The zero-order valence-electron chi connectivity index (χ0n) is 8.63. The Hall–Kier alpha value is -1.18. The third-order valence-electron chi connectivity index (χ3n) is 2.27. The number of benzene rings is 1. The zero-order valence-corrected chi connectivity index (χ0v) is 8.63. The maximum absolute atomic E-state index is 13.2. The number of aliphatic hydroxyl groups is 2. The molecule has 0 radical (unpaired) electrons. The van der Waals surface area contributed by atoms with Crippen molar-refractivity contribution >= 4 is 0 Å². The van der Waals surface area contributed by atoms with E-state index in [0.717, 1.165) is 0 Å². The van der Waals surface area contributed by atoms with Crippen molar-refractivity contribution in [3.8, 4) is 0 Å². The van der Waals surface area contributed by atoms with Crippen molar-refractivity contribution in [1.29, 1.82) is 0 Å². The first-order valence-electron chi connectivity index (χ1n) is 4.79. The summed E-state index contributed by atoms with van der Waals surface area (Å²) in [6.07, 6.45) is -3.85. The molecule has 0 spiro atoms. The molecule has 0 saturated heterocycles. The molecule has 7 heteroatoms. The molecule has 0 bridgehead atoms. The molecule has 2 unspecified atom stereocenters. The Kier molecular flexibility index (Phi) is 4.44. The summed E-state index contributed by atoms with van der Waals surface area (Å²) >= 11 is 0. The van der Waals surface area contributed by atoms with Gasteiger partial charge in [-0.05, 0) is 13.0 Å². The van der Waals surface area contributed by atoms with Gasteiger partial charge in [-0.25, -0.2) is 17.6 Å².